The quantitative estimate of drug-likeness (QED) is 0.0377. The lowest BCUT2D eigenvalue weighted by Crippen LogP contribution is -2.67. The van der Waals surface area contributed by atoms with Crippen LogP contribution < -0.4 is 10.4 Å². The molecule has 15 nitrogen and oxygen atoms in total. The van der Waals surface area contributed by atoms with Gasteiger partial charge in [0.2, 0.25) is 0 Å². The predicted octanol–water partition coefficient (Wildman–Crippen LogP) is 6.31. The Bertz CT molecular complexity index is 2390. The second-order valence-corrected chi connectivity index (χ2v) is 22.4. The van der Waals surface area contributed by atoms with Crippen molar-refractivity contribution in [3.63, 3.8) is 0 Å². The van der Waals surface area contributed by atoms with Crippen molar-refractivity contribution in [2.24, 2.45) is 0 Å². The molecule has 0 aromatic heterocycles. The number of esters is 3. The first-order valence-corrected chi connectivity index (χ1v) is 25.4. The van der Waals surface area contributed by atoms with Crippen LogP contribution >= 0.6 is 0 Å². The average Bonchev–Trinajstić information content (AvgIpc) is 3.37. The lowest BCUT2D eigenvalue weighted by atomic mass is 10.0. The predicted molar refractivity (Wildman–Crippen MR) is 265 cm³/mol. The molecule has 16 heteroatoms. The molecule has 0 radical (unpaired) electrons. The van der Waals surface area contributed by atoms with Crippen molar-refractivity contribution in [2.75, 3.05) is 19.8 Å². The SMILES string of the molecule is [2H]C(CC(=O)O[C@H]1[C@H](OC(=O)CC([2H])C(C)=O)COC(O[C@H](CO)[C@@H](OCc2ccccc2)[C@H](CO[Si](c2ccccc2)(c2ccccc2)C(C)(C)C)OCc2ccccc2)[C@@H]1OC(=O)CC([2H])C(C)=O)C(C)=O. The van der Waals surface area contributed by atoms with E-state index >= 15 is 0 Å². The van der Waals surface area contributed by atoms with Gasteiger partial charge in [0, 0.05) is 23.3 Å². The van der Waals surface area contributed by atoms with E-state index in [1.165, 1.54) is 0 Å². The van der Waals surface area contributed by atoms with Crippen molar-refractivity contribution in [3.8, 4) is 0 Å². The topological polar surface area (TPSA) is 196 Å². The summed E-state index contributed by atoms with van der Waals surface area (Å²) in [4.78, 5) is 76.6. The largest absolute Gasteiger partial charge is 0.456 e. The molecule has 0 spiro atoms. The first-order chi connectivity index (χ1) is 35.2. The number of aliphatic hydroxyl groups is 1. The van der Waals surface area contributed by atoms with Gasteiger partial charge in [0.05, 0.1) is 52.3 Å². The minimum absolute atomic E-state index is 0.0321. The van der Waals surface area contributed by atoms with E-state index in [2.05, 4.69) is 20.8 Å². The summed E-state index contributed by atoms with van der Waals surface area (Å²) in [5, 5.41) is 13.0. The molecule has 4 aromatic rings. The van der Waals surface area contributed by atoms with Crippen LogP contribution in [0.5, 0.6) is 0 Å². The van der Waals surface area contributed by atoms with Crippen LogP contribution in [0.15, 0.2) is 121 Å². The zero-order chi connectivity index (χ0) is 54.0. The second-order valence-electron chi connectivity index (χ2n) is 18.1. The number of ketones is 3. The van der Waals surface area contributed by atoms with Gasteiger partial charge in [-0.25, -0.2) is 0 Å². The highest BCUT2D eigenvalue weighted by Crippen LogP contribution is 2.38. The average molecular weight is 1000 g/mol. The molecule has 1 fully saturated rings. The van der Waals surface area contributed by atoms with Gasteiger partial charge < -0.3 is 57.1 Å². The molecule has 0 amide bonds. The van der Waals surface area contributed by atoms with Crippen molar-refractivity contribution in [1.82, 2.24) is 0 Å². The third kappa shape index (κ3) is 16.9. The van der Waals surface area contributed by atoms with Crippen molar-refractivity contribution in [2.45, 2.75) is 141 Å². The summed E-state index contributed by atoms with van der Waals surface area (Å²) in [7, 11) is -3.29. The van der Waals surface area contributed by atoms with E-state index in [-0.39, 0.29) is 19.8 Å². The number of carbonyl (C=O) groups is 6. The van der Waals surface area contributed by atoms with Crippen molar-refractivity contribution in [1.29, 1.82) is 0 Å². The van der Waals surface area contributed by atoms with Crippen LogP contribution in [0.1, 0.15) is 95.2 Å². The van der Waals surface area contributed by atoms with Crippen LogP contribution in [-0.2, 0) is 79.6 Å². The van der Waals surface area contributed by atoms with E-state index in [4.69, 9.17) is 41.7 Å². The van der Waals surface area contributed by atoms with Gasteiger partial charge in [-0.15, -0.1) is 0 Å². The molecule has 10 atom stereocenters. The van der Waals surface area contributed by atoms with Crippen molar-refractivity contribution < 1.29 is 75.6 Å². The minimum Gasteiger partial charge on any atom is -0.456 e. The van der Waals surface area contributed by atoms with Gasteiger partial charge in [-0.3, -0.25) is 14.4 Å². The number of rotatable bonds is 28. The first kappa shape index (κ1) is 51.6. The fourth-order valence-electron chi connectivity index (χ4n) is 8.13. The van der Waals surface area contributed by atoms with Crippen LogP contribution in [0.4, 0.5) is 0 Å². The fourth-order valence-corrected chi connectivity index (χ4v) is 12.7. The molecule has 1 heterocycles. The smallest absolute Gasteiger partial charge is 0.306 e. The summed E-state index contributed by atoms with van der Waals surface area (Å²) in [6.45, 7) is 8.19. The van der Waals surface area contributed by atoms with E-state index in [9.17, 15) is 33.9 Å². The van der Waals surface area contributed by atoms with Gasteiger partial charge in [0.25, 0.3) is 8.32 Å². The Morgan fingerprint density at radius 3 is 1.48 bits per heavy atom. The number of ether oxygens (including phenoxy) is 7. The minimum atomic E-state index is -3.29. The zero-order valence-electron chi connectivity index (χ0n) is 44.1. The summed E-state index contributed by atoms with van der Waals surface area (Å²) in [6.07, 6.45) is -17.7. The molecule has 0 aliphatic carbocycles. The molecule has 1 aliphatic rings. The molecule has 4 aromatic carbocycles. The van der Waals surface area contributed by atoms with Gasteiger partial charge in [-0.2, -0.15) is 0 Å². The number of aliphatic hydroxyl groups excluding tert-OH is 1. The molecule has 4 unspecified atom stereocenters. The van der Waals surface area contributed by atoms with E-state index in [0.717, 1.165) is 42.3 Å². The first-order valence-electron chi connectivity index (χ1n) is 25.3. The molecule has 0 bridgehead atoms. The van der Waals surface area contributed by atoms with E-state index < -0.39 is 143 Å². The molecular formula is C55H68O15Si. The molecule has 382 valence electrons. The maximum absolute atomic E-state index is 13.7. The molecule has 1 aliphatic heterocycles. The van der Waals surface area contributed by atoms with Gasteiger partial charge in [0.1, 0.15) is 35.7 Å². The van der Waals surface area contributed by atoms with Gasteiger partial charge in [-0.1, -0.05) is 142 Å². The Morgan fingerprint density at radius 2 is 1.04 bits per heavy atom. The maximum atomic E-state index is 13.7. The lowest BCUT2D eigenvalue weighted by molar-refractivity contribution is -0.306. The van der Waals surface area contributed by atoms with E-state index in [1.807, 2.05) is 121 Å². The highest BCUT2D eigenvalue weighted by Gasteiger charge is 2.53. The van der Waals surface area contributed by atoms with Gasteiger partial charge >= 0.3 is 17.9 Å². The Kier molecular flexibility index (Phi) is 20.2. The van der Waals surface area contributed by atoms with E-state index in [0.29, 0.717) is 0 Å². The fraction of sp³-hybridized carbons (Fsp3) is 0.455. The number of hydrogen-bond acceptors (Lipinski definition) is 15. The number of hydrogen-bond donors (Lipinski definition) is 1. The maximum Gasteiger partial charge on any atom is 0.306 e. The molecule has 0 saturated carbocycles. The molecule has 71 heavy (non-hydrogen) atoms. The van der Waals surface area contributed by atoms with Gasteiger partial charge in [0.15, 0.2) is 24.6 Å². The summed E-state index contributed by atoms with van der Waals surface area (Å²) in [5.41, 5.74) is 1.55. The van der Waals surface area contributed by atoms with Crippen molar-refractivity contribution >= 4 is 53.9 Å². The standard InChI is InChI=1S/C55H68O15Si/c1-38(57)27-30-48(60)67-47-36-65-54(53(70-50(62)32-29-40(3)59)52(47)69-49(61)31-28-39(2)58)68-45(33-56)51(64-35-42-21-13-8-14-22-42)46(63-34-41-19-11-7-12-20-41)37-66-71(55(4,5)6,43-23-15-9-16-24-43)44-25-17-10-18-26-44/h7-26,45-47,51-54,56H,27-37H2,1-6H3/t45-,46+,47-,51-,52+,53-,54?/m1/s1/i27D,28D,29D/t27?,28?,29?,45-,46+,47-,51-,52+,53-,54?. The Morgan fingerprint density at radius 1 is 0.620 bits per heavy atom. The zero-order valence-corrected chi connectivity index (χ0v) is 42.1. The summed E-state index contributed by atoms with van der Waals surface area (Å²) < 4.78 is 75.5. The van der Waals surface area contributed by atoms with Crippen molar-refractivity contribution in [3.05, 3.63) is 132 Å². The normalized spacial score (nSPS) is 20.3. The van der Waals surface area contributed by atoms with Crippen LogP contribution in [0.3, 0.4) is 0 Å². The molecular weight excluding hydrogens is 929 g/mol. The van der Waals surface area contributed by atoms with E-state index in [1.54, 1.807) is 0 Å². The van der Waals surface area contributed by atoms with Crippen LogP contribution in [0, 0.1) is 0 Å². The molecule has 1 saturated heterocycles. The molecule has 5 rings (SSSR count). The molecule has 1 N–H and O–H groups in total. The Labute approximate surface area is 421 Å². The lowest BCUT2D eigenvalue weighted by Gasteiger charge is -2.45. The Hall–Kier alpha value is -5.72. The highest BCUT2D eigenvalue weighted by molar-refractivity contribution is 6.99. The number of carbonyl (C=O) groups excluding carboxylic acids is 6. The second kappa shape index (κ2) is 27.8. The highest BCUT2D eigenvalue weighted by atomic mass is 28.4. The van der Waals surface area contributed by atoms with Crippen LogP contribution in [0.25, 0.3) is 0 Å². The summed E-state index contributed by atoms with van der Waals surface area (Å²) in [6, 6.07) is 38.4. The van der Waals surface area contributed by atoms with Crippen LogP contribution in [-0.4, -0.2) is 111 Å². The van der Waals surface area contributed by atoms with Gasteiger partial charge in [-0.05, 0) is 47.3 Å². The number of benzene rings is 4. The number of Topliss-reactive ketones (excluding diaryl/α,β-unsaturated/α-hetero) is 3. The monoisotopic (exact) mass is 999 g/mol. The third-order valence-corrected chi connectivity index (χ3v) is 16.6. The summed E-state index contributed by atoms with van der Waals surface area (Å²) >= 11 is 0. The summed E-state index contributed by atoms with van der Waals surface area (Å²) in [5.74, 6) is -5.33. The third-order valence-electron chi connectivity index (χ3n) is 11.6. The Balaban J connectivity index is 1.63. The van der Waals surface area contributed by atoms with Crippen LogP contribution in [0.2, 0.25) is 5.04 Å².